The van der Waals surface area contributed by atoms with Crippen molar-refractivity contribution >= 4 is 5.69 Å². The molecular formula is C15H21N3O2. The Morgan fingerprint density at radius 1 is 1.30 bits per heavy atom. The summed E-state index contributed by atoms with van der Waals surface area (Å²) in [5.41, 5.74) is 7.67. The molecule has 0 radical (unpaired) electrons. The van der Waals surface area contributed by atoms with Gasteiger partial charge in [-0.1, -0.05) is 31.1 Å². The SMILES string of the molecule is CCC(OC)c1noc(CC(C)c2ccc(N)cc2)n1. The Morgan fingerprint density at radius 2 is 2.00 bits per heavy atom. The number of nitrogens with zero attached hydrogens (tertiary/aromatic N) is 2. The molecule has 0 amide bonds. The topological polar surface area (TPSA) is 74.2 Å². The molecule has 0 fully saturated rings. The fourth-order valence-corrected chi connectivity index (χ4v) is 2.14. The molecule has 1 aromatic carbocycles. The standard InChI is InChI=1S/C15H21N3O2/c1-4-13(19-3)15-17-14(20-18-15)9-10(2)11-5-7-12(16)8-6-11/h5-8,10,13H,4,9,16H2,1-3H3. The highest BCUT2D eigenvalue weighted by Crippen LogP contribution is 2.22. The summed E-state index contributed by atoms with van der Waals surface area (Å²) in [6.45, 7) is 4.16. The lowest BCUT2D eigenvalue weighted by Gasteiger charge is -2.09. The number of nitrogens with two attached hydrogens (primary N) is 1. The molecule has 0 aliphatic carbocycles. The van der Waals surface area contributed by atoms with Crippen molar-refractivity contribution in [3.05, 3.63) is 41.5 Å². The number of hydrogen-bond donors (Lipinski definition) is 1. The predicted molar refractivity (Wildman–Crippen MR) is 77.3 cm³/mol. The smallest absolute Gasteiger partial charge is 0.227 e. The van der Waals surface area contributed by atoms with Crippen molar-refractivity contribution < 1.29 is 9.26 Å². The van der Waals surface area contributed by atoms with Crippen LogP contribution in [0.25, 0.3) is 0 Å². The van der Waals surface area contributed by atoms with E-state index < -0.39 is 0 Å². The molecule has 0 aliphatic rings. The van der Waals surface area contributed by atoms with Crippen LogP contribution in [0.4, 0.5) is 5.69 Å². The minimum absolute atomic E-state index is 0.0978. The van der Waals surface area contributed by atoms with Gasteiger partial charge < -0.3 is 15.0 Å². The highest BCUT2D eigenvalue weighted by Gasteiger charge is 2.17. The van der Waals surface area contributed by atoms with Gasteiger partial charge in [-0.3, -0.25) is 0 Å². The third-order valence-electron chi connectivity index (χ3n) is 3.41. The molecule has 5 nitrogen and oxygen atoms in total. The van der Waals surface area contributed by atoms with Gasteiger partial charge in [-0.2, -0.15) is 4.98 Å². The molecule has 20 heavy (non-hydrogen) atoms. The van der Waals surface area contributed by atoms with Crippen LogP contribution in [0.15, 0.2) is 28.8 Å². The number of methoxy groups -OCH3 is 1. The summed E-state index contributed by atoms with van der Waals surface area (Å²) in [4.78, 5) is 4.41. The first-order valence-electron chi connectivity index (χ1n) is 6.84. The van der Waals surface area contributed by atoms with Gasteiger partial charge in [0.15, 0.2) is 0 Å². The van der Waals surface area contributed by atoms with Crippen LogP contribution in [0.2, 0.25) is 0 Å². The van der Waals surface area contributed by atoms with Gasteiger partial charge in [0.2, 0.25) is 11.7 Å². The van der Waals surface area contributed by atoms with Crippen molar-refractivity contribution in [2.75, 3.05) is 12.8 Å². The van der Waals surface area contributed by atoms with E-state index in [4.69, 9.17) is 15.0 Å². The van der Waals surface area contributed by atoms with Crippen LogP contribution in [0.1, 0.15) is 49.6 Å². The molecule has 2 unspecified atom stereocenters. The van der Waals surface area contributed by atoms with Crippen molar-refractivity contribution in [3.8, 4) is 0 Å². The van der Waals surface area contributed by atoms with E-state index in [1.807, 2.05) is 31.2 Å². The van der Waals surface area contributed by atoms with Crippen LogP contribution < -0.4 is 5.73 Å². The van der Waals surface area contributed by atoms with E-state index >= 15 is 0 Å². The van der Waals surface area contributed by atoms with Gasteiger partial charge in [0.05, 0.1) is 0 Å². The zero-order chi connectivity index (χ0) is 14.5. The van der Waals surface area contributed by atoms with Crippen LogP contribution in [-0.4, -0.2) is 17.3 Å². The Bertz CT molecular complexity index is 532. The van der Waals surface area contributed by atoms with Crippen molar-refractivity contribution in [1.29, 1.82) is 0 Å². The van der Waals surface area contributed by atoms with E-state index in [9.17, 15) is 0 Å². The van der Waals surface area contributed by atoms with Gasteiger partial charge in [-0.15, -0.1) is 0 Å². The largest absolute Gasteiger partial charge is 0.399 e. The first-order chi connectivity index (χ1) is 9.63. The zero-order valence-corrected chi connectivity index (χ0v) is 12.2. The fraction of sp³-hybridized carbons (Fsp3) is 0.467. The zero-order valence-electron chi connectivity index (χ0n) is 12.2. The molecule has 2 rings (SSSR count). The molecule has 0 saturated heterocycles. The van der Waals surface area contributed by atoms with Crippen LogP contribution in [-0.2, 0) is 11.2 Å². The van der Waals surface area contributed by atoms with E-state index in [-0.39, 0.29) is 6.10 Å². The lowest BCUT2D eigenvalue weighted by molar-refractivity contribution is 0.0903. The van der Waals surface area contributed by atoms with Crippen molar-refractivity contribution in [1.82, 2.24) is 10.1 Å². The summed E-state index contributed by atoms with van der Waals surface area (Å²) >= 11 is 0. The molecule has 2 aromatic rings. The Morgan fingerprint density at radius 3 is 2.60 bits per heavy atom. The van der Waals surface area contributed by atoms with Crippen LogP contribution in [0.3, 0.4) is 0 Å². The molecule has 0 bridgehead atoms. The van der Waals surface area contributed by atoms with E-state index in [0.29, 0.717) is 24.1 Å². The number of rotatable bonds is 6. The molecule has 0 aliphatic heterocycles. The van der Waals surface area contributed by atoms with Crippen LogP contribution in [0.5, 0.6) is 0 Å². The molecule has 1 aromatic heterocycles. The quantitative estimate of drug-likeness (QED) is 0.820. The van der Waals surface area contributed by atoms with Gasteiger partial charge in [0.25, 0.3) is 0 Å². The Balaban J connectivity index is 2.04. The van der Waals surface area contributed by atoms with Crippen LogP contribution >= 0.6 is 0 Å². The van der Waals surface area contributed by atoms with Gasteiger partial charge in [-0.25, -0.2) is 0 Å². The van der Waals surface area contributed by atoms with Crippen molar-refractivity contribution in [3.63, 3.8) is 0 Å². The van der Waals surface area contributed by atoms with E-state index in [2.05, 4.69) is 17.1 Å². The maximum absolute atomic E-state index is 5.69. The fourth-order valence-electron chi connectivity index (χ4n) is 2.14. The number of ether oxygens (including phenoxy) is 1. The van der Waals surface area contributed by atoms with Gasteiger partial charge in [0, 0.05) is 19.2 Å². The van der Waals surface area contributed by atoms with Gasteiger partial charge >= 0.3 is 0 Å². The van der Waals surface area contributed by atoms with E-state index in [0.717, 1.165) is 12.1 Å². The van der Waals surface area contributed by atoms with Crippen LogP contribution in [0, 0.1) is 0 Å². The minimum atomic E-state index is -0.0978. The highest BCUT2D eigenvalue weighted by atomic mass is 16.5. The predicted octanol–water partition coefficient (Wildman–Crippen LogP) is 3.10. The summed E-state index contributed by atoms with van der Waals surface area (Å²) in [5.74, 6) is 1.56. The van der Waals surface area contributed by atoms with E-state index in [1.54, 1.807) is 7.11 Å². The first-order valence-corrected chi connectivity index (χ1v) is 6.84. The maximum Gasteiger partial charge on any atom is 0.227 e. The Labute approximate surface area is 119 Å². The number of benzene rings is 1. The third kappa shape index (κ3) is 3.36. The molecule has 0 spiro atoms. The highest BCUT2D eigenvalue weighted by molar-refractivity contribution is 5.40. The molecule has 5 heteroatoms. The summed E-state index contributed by atoms with van der Waals surface area (Å²) in [6.07, 6.45) is 1.43. The summed E-state index contributed by atoms with van der Waals surface area (Å²) in [5, 5.41) is 3.99. The lowest BCUT2D eigenvalue weighted by Crippen LogP contribution is -2.03. The summed E-state index contributed by atoms with van der Waals surface area (Å²) in [7, 11) is 1.65. The first kappa shape index (κ1) is 14.5. The van der Waals surface area contributed by atoms with Gasteiger partial charge in [-0.05, 0) is 30.0 Å². The molecule has 108 valence electrons. The molecule has 2 N–H and O–H groups in total. The number of nitrogen functional groups attached to an aromatic ring is 1. The van der Waals surface area contributed by atoms with E-state index in [1.165, 1.54) is 5.56 Å². The number of anilines is 1. The lowest BCUT2D eigenvalue weighted by atomic mass is 9.98. The number of aromatic nitrogens is 2. The minimum Gasteiger partial charge on any atom is -0.399 e. The average Bonchev–Trinajstić information content (AvgIpc) is 2.89. The molecular weight excluding hydrogens is 254 g/mol. The third-order valence-corrected chi connectivity index (χ3v) is 3.41. The second kappa shape index (κ2) is 6.52. The normalized spacial score (nSPS) is 14.2. The molecule has 1 heterocycles. The number of hydrogen-bond acceptors (Lipinski definition) is 5. The average molecular weight is 275 g/mol. The van der Waals surface area contributed by atoms with Crippen molar-refractivity contribution in [2.24, 2.45) is 0 Å². The second-order valence-corrected chi connectivity index (χ2v) is 4.95. The Kier molecular flexibility index (Phi) is 4.74. The second-order valence-electron chi connectivity index (χ2n) is 4.95. The Hall–Kier alpha value is -1.88. The molecule has 2 atom stereocenters. The summed E-state index contributed by atoms with van der Waals surface area (Å²) in [6, 6.07) is 7.87. The monoisotopic (exact) mass is 275 g/mol. The molecule has 0 saturated carbocycles. The summed E-state index contributed by atoms with van der Waals surface area (Å²) < 4.78 is 10.6. The van der Waals surface area contributed by atoms with Gasteiger partial charge in [0.1, 0.15) is 6.10 Å². The van der Waals surface area contributed by atoms with Crippen molar-refractivity contribution in [2.45, 2.75) is 38.7 Å². The maximum atomic E-state index is 5.69.